The second kappa shape index (κ2) is 10.4. The number of benzene rings is 6. The maximum atomic E-state index is 9.35. The average Bonchev–Trinajstić information content (AvgIpc) is 3.33. The zero-order valence-electron chi connectivity index (χ0n) is 25.1. The third kappa shape index (κ3) is 4.42. The summed E-state index contributed by atoms with van der Waals surface area (Å²) in [6, 6.07) is 50.6. The maximum Gasteiger partial charge on any atom is 0.160 e. The lowest BCUT2D eigenvalue weighted by Gasteiger charge is -2.22. The van der Waals surface area contributed by atoms with Crippen molar-refractivity contribution in [2.45, 2.75) is 19.3 Å². The van der Waals surface area contributed by atoms with Crippen molar-refractivity contribution in [3.8, 4) is 62.2 Å². The molecular formula is C42H29N3. The Balaban J connectivity index is 1.38. The third-order valence-corrected chi connectivity index (χ3v) is 9.13. The van der Waals surface area contributed by atoms with Crippen LogP contribution in [0.15, 0.2) is 140 Å². The summed E-state index contributed by atoms with van der Waals surface area (Å²) < 4.78 is 0. The van der Waals surface area contributed by atoms with Crippen molar-refractivity contribution in [3.63, 3.8) is 0 Å². The topological polar surface area (TPSA) is 49.6 Å². The zero-order valence-corrected chi connectivity index (χ0v) is 25.1. The van der Waals surface area contributed by atoms with Crippen LogP contribution < -0.4 is 0 Å². The monoisotopic (exact) mass is 575 g/mol. The van der Waals surface area contributed by atoms with Crippen molar-refractivity contribution in [1.29, 1.82) is 5.26 Å². The Morgan fingerprint density at radius 1 is 0.511 bits per heavy atom. The van der Waals surface area contributed by atoms with Crippen LogP contribution in [-0.2, 0) is 5.41 Å². The Kier molecular flexibility index (Phi) is 6.18. The molecule has 6 aromatic carbocycles. The molecule has 1 heterocycles. The van der Waals surface area contributed by atoms with Crippen LogP contribution in [0.5, 0.6) is 0 Å². The molecule has 0 N–H and O–H groups in total. The van der Waals surface area contributed by atoms with E-state index >= 15 is 0 Å². The molecule has 8 rings (SSSR count). The summed E-state index contributed by atoms with van der Waals surface area (Å²) in [4.78, 5) is 10.4. The number of rotatable bonds is 4. The van der Waals surface area contributed by atoms with Gasteiger partial charge in [-0.1, -0.05) is 123 Å². The normalized spacial score (nSPS) is 12.8. The van der Waals surface area contributed by atoms with Crippen LogP contribution in [0.1, 0.15) is 30.5 Å². The standard InChI is InChI=1S/C42H29N3/c1-42(2)36-18-10-17-34(40(36)35-23-30-13-6-7-14-31(30)24-37(35)42)39-25-38(44-41(45-39)29-11-4-3-5-12-29)33-16-9-8-15-32(33)28-21-19-27(26-43)20-22-28/h3-25H,1-2H3. The largest absolute Gasteiger partial charge is 0.228 e. The first kappa shape index (κ1) is 26.8. The molecule has 0 fully saturated rings. The predicted octanol–water partition coefficient (Wildman–Crippen LogP) is 10.5. The van der Waals surface area contributed by atoms with Gasteiger partial charge >= 0.3 is 0 Å². The highest BCUT2D eigenvalue weighted by molar-refractivity contribution is 5.98. The first-order valence-corrected chi connectivity index (χ1v) is 15.2. The van der Waals surface area contributed by atoms with Crippen molar-refractivity contribution in [2.75, 3.05) is 0 Å². The van der Waals surface area contributed by atoms with E-state index in [0.717, 1.165) is 39.2 Å². The first-order valence-electron chi connectivity index (χ1n) is 15.2. The van der Waals surface area contributed by atoms with E-state index in [9.17, 15) is 5.26 Å². The molecule has 0 aliphatic heterocycles. The van der Waals surface area contributed by atoms with Crippen LogP contribution in [-0.4, -0.2) is 9.97 Å². The Morgan fingerprint density at radius 3 is 1.87 bits per heavy atom. The fraction of sp³-hybridized carbons (Fsp3) is 0.0714. The second-order valence-corrected chi connectivity index (χ2v) is 12.2. The van der Waals surface area contributed by atoms with Crippen LogP contribution in [0.2, 0.25) is 0 Å². The minimum Gasteiger partial charge on any atom is -0.228 e. The number of nitrogens with zero attached hydrogens (tertiary/aromatic N) is 3. The Labute approximate surface area is 263 Å². The molecule has 0 amide bonds. The molecule has 0 radical (unpaired) electrons. The molecule has 7 aromatic rings. The molecule has 0 saturated carbocycles. The lowest BCUT2D eigenvalue weighted by molar-refractivity contribution is 0.661. The molecule has 0 saturated heterocycles. The second-order valence-electron chi connectivity index (χ2n) is 12.2. The number of hydrogen-bond acceptors (Lipinski definition) is 3. The zero-order chi connectivity index (χ0) is 30.5. The smallest absolute Gasteiger partial charge is 0.160 e. The highest BCUT2D eigenvalue weighted by Gasteiger charge is 2.37. The van der Waals surface area contributed by atoms with Gasteiger partial charge in [-0.3, -0.25) is 0 Å². The van der Waals surface area contributed by atoms with E-state index < -0.39 is 0 Å². The molecule has 0 unspecified atom stereocenters. The number of hydrogen-bond donors (Lipinski definition) is 0. The van der Waals surface area contributed by atoms with E-state index in [1.165, 1.54) is 33.0 Å². The molecule has 45 heavy (non-hydrogen) atoms. The predicted molar refractivity (Wildman–Crippen MR) is 184 cm³/mol. The van der Waals surface area contributed by atoms with E-state index in [4.69, 9.17) is 9.97 Å². The Bertz CT molecular complexity index is 2290. The number of aromatic nitrogens is 2. The van der Waals surface area contributed by atoms with Gasteiger partial charge in [0.2, 0.25) is 0 Å². The third-order valence-electron chi connectivity index (χ3n) is 9.13. The minimum absolute atomic E-state index is 0.148. The first-order chi connectivity index (χ1) is 22.0. The average molecular weight is 576 g/mol. The summed E-state index contributed by atoms with van der Waals surface area (Å²) in [7, 11) is 0. The molecule has 0 spiro atoms. The van der Waals surface area contributed by atoms with E-state index in [-0.39, 0.29) is 5.41 Å². The van der Waals surface area contributed by atoms with Crippen LogP contribution in [0, 0.1) is 11.3 Å². The molecule has 1 aromatic heterocycles. The maximum absolute atomic E-state index is 9.35. The van der Waals surface area contributed by atoms with Crippen molar-refractivity contribution in [3.05, 3.63) is 156 Å². The van der Waals surface area contributed by atoms with Gasteiger partial charge in [0.1, 0.15) is 0 Å². The summed E-state index contributed by atoms with van der Waals surface area (Å²) in [5, 5.41) is 11.8. The van der Waals surface area contributed by atoms with Crippen molar-refractivity contribution >= 4 is 10.8 Å². The van der Waals surface area contributed by atoms with Gasteiger partial charge in [-0.25, -0.2) is 9.97 Å². The summed E-state index contributed by atoms with van der Waals surface area (Å²) in [5.41, 5.74) is 12.6. The van der Waals surface area contributed by atoms with Gasteiger partial charge in [-0.2, -0.15) is 5.26 Å². The van der Waals surface area contributed by atoms with Crippen LogP contribution in [0.4, 0.5) is 0 Å². The molecular weight excluding hydrogens is 546 g/mol. The quantitative estimate of drug-likeness (QED) is 0.210. The van der Waals surface area contributed by atoms with Gasteiger partial charge in [0.15, 0.2) is 5.82 Å². The van der Waals surface area contributed by atoms with E-state index in [0.29, 0.717) is 11.4 Å². The molecule has 0 atom stereocenters. The lowest BCUT2D eigenvalue weighted by atomic mass is 9.81. The van der Waals surface area contributed by atoms with Gasteiger partial charge in [-0.15, -0.1) is 0 Å². The van der Waals surface area contributed by atoms with Gasteiger partial charge in [0, 0.05) is 22.1 Å². The summed E-state index contributed by atoms with van der Waals surface area (Å²) in [5.74, 6) is 0.686. The van der Waals surface area contributed by atoms with Crippen molar-refractivity contribution < 1.29 is 0 Å². The molecule has 1 aliphatic rings. The Hall–Kier alpha value is -5.85. The summed E-state index contributed by atoms with van der Waals surface area (Å²) in [6.45, 7) is 4.65. The molecule has 0 bridgehead atoms. The van der Waals surface area contributed by atoms with E-state index in [1.807, 2.05) is 48.5 Å². The fourth-order valence-corrected chi connectivity index (χ4v) is 6.81. The van der Waals surface area contributed by atoms with Gasteiger partial charge in [-0.05, 0) is 74.5 Å². The molecule has 3 heteroatoms. The summed E-state index contributed by atoms with van der Waals surface area (Å²) in [6.07, 6.45) is 0. The molecule has 212 valence electrons. The van der Waals surface area contributed by atoms with Crippen molar-refractivity contribution in [2.24, 2.45) is 0 Å². The Morgan fingerprint density at radius 2 is 1.13 bits per heavy atom. The van der Waals surface area contributed by atoms with Crippen molar-refractivity contribution in [1.82, 2.24) is 9.97 Å². The van der Waals surface area contributed by atoms with Crippen LogP contribution in [0.25, 0.3) is 66.9 Å². The molecule has 1 aliphatic carbocycles. The fourth-order valence-electron chi connectivity index (χ4n) is 6.81. The highest BCUT2D eigenvalue weighted by atomic mass is 14.9. The number of fused-ring (bicyclic) bond motifs is 4. The van der Waals surface area contributed by atoms with E-state index in [2.05, 4.69) is 111 Å². The van der Waals surface area contributed by atoms with Gasteiger partial charge < -0.3 is 0 Å². The molecule has 3 nitrogen and oxygen atoms in total. The van der Waals surface area contributed by atoms with Crippen LogP contribution in [0.3, 0.4) is 0 Å². The van der Waals surface area contributed by atoms with Crippen LogP contribution >= 0.6 is 0 Å². The van der Waals surface area contributed by atoms with Gasteiger partial charge in [0.05, 0.1) is 23.0 Å². The lowest BCUT2D eigenvalue weighted by Crippen LogP contribution is -2.14. The number of nitriles is 1. The minimum atomic E-state index is -0.148. The van der Waals surface area contributed by atoms with E-state index in [1.54, 1.807) is 0 Å². The highest BCUT2D eigenvalue weighted by Crippen LogP contribution is 2.53. The van der Waals surface area contributed by atoms with Gasteiger partial charge in [0.25, 0.3) is 0 Å². The SMILES string of the molecule is CC1(C)c2cc3ccccc3cc2-c2c(-c3cc(-c4ccccc4-c4ccc(C#N)cc4)nc(-c4ccccc4)n3)cccc21. The summed E-state index contributed by atoms with van der Waals surface area (Å²) >= 11 is 0.